The summed E-state index contributed by atoms with van der Waals surface area (Å²) in [4.78, 5) is 30.9. The minimum absolute atomic E-state index is 0.0889. The van der Waals surface area contributed by atoms with Gasteiger partial charge in [-0.15, -0.1) is 0 Å². The zero-order chi connectivity index (χ0) is 21.1. The summed E-state index contributed by atoms with van der Waals surface area (Å²) in [5, 5.41) is 3.76. The first kappa shape index (κ1) is 20.0. The second-order valence-electron chi connectivity index (χ2n) is 6.82. The Morgan fingerprint density at radius 2 is 2.10 bits per heavy atom. The van der Waals surface area contributed by atoms with Gasteiger partial charge < -0.3 is 15.0 Å². The number of amides is 2. The average molecular weight is 423 g/mol. The minimum atomic E-state index is -0.227. The lowest BCUT2D eigenvalue weighted by atomic mass is 10.1. The van der Waals surface area contributed by atoms with Crippen molar-refractivity contribution < 1.29 is 14.3 Å². The maximum Gasteiger partial charge on any atom is 0.255 e. The molecular weight excluding hydrogens is 400 g/mol. The van der Waals surface area contributed by atoms with Gasteiger partial charge in [-0.25, -0.2) is 4.98 Å². The third kappa shape index (κ3) is 3.91. The summed E-state index contributed by atoms with van der Waals surface area (Å²) < 4.78 is 7.41. The van der Waals surface area contributed by atoms with E-state index < -0.39 is 0 Å². The van der Waals surface area contributed by atoms with Crippen LogP contribution in [0.5, 0.6) is 5.75 Å². The zero-order valence-electron chi connectivity index (χ0n) is 16.8. The molecule has 7 nitrogen and oxygen atoms in total. The SMILES string of the molecule is COc1cc(NC(=O)c2cccc(-n3ccnc3SC)c2)ccc1N1CCCC1=O. The highest BCUT2D eigenvalue weighted by molar-refractivity contribution is 7.98. The van der Waals surface area contributed by atoms with Crippen molar-refractivity contribution >= 4 is 35.0 Å². The van der Waals surface area contributed by atoms with Crippen LogP contribution in [0.15, 0.2) is 60.0 Å². The van der Waals surface area contributed by atoms with Crippen LogP contribution < -0.4 is 15.0 Å². The lowest BCUT2D eigenvalue weighted by Gasteiger charge is -2.19. The van der Waals surface area contributed by atoms with E-state index in [1.807, 2.05) is 41.3 Å². The highest BCUT2D eigenvalue weighted by Crippen LogP contribution is 2.34. The van der Waals surface area contributed by atoms with Crippen LogP contribution in [0.3, 0.4) is 0 Å². The molecule has 0 unspecified atom stereocenters. The molecule has 8 heteroatoms. The molecule has 3 aromatic rings. The highest BCUT2D eigenvalue weighted by atomic mass is 32.2. The Kier molecular flexibility index (Phi) is 5.76. The van der Waals surface area contributed by atoms with E-state index >= 15 is 0 Å². The van der Waals surface area contributed by atoms with E-state index in [9.17, 15) is 9.59 Å². The zero-order valence-corrected chi connectivity index (χ0v) is 17.6. The number of hydrogen-bond acceptors (Lipinski definition) is 5. The summed E-state index contributed by atoms with van der Waals surface area (Å²) in [6, 6.07) is 12.7. The molecule has 4 rings (SSSR count). The van der Waals surface area contributed by atoms with Crippen molar-refractivity contribution in [2.24, 2.45) is 0 Å². The normalized spacial score (nSPS) is 13.5. The number of carbonyl (C=O) groups excluding carboxylic acids is 2. The monoisotopic (exact) mass is 422 g/mol. The molecule has 1 aliphatic rings. The van der Waals surface area contributed by atoms with Crippen molar-refractivity contribution in [3.8, 4) is 11.4 Å². The first-order chi connectivity index (χ1) is 14.6. The van der Waals surface area contributed by atoms with Crippen LogP contribution in [0.25, 0.3) is 5.69 Å². The van der Waals surface area contributed by atoms with Gasteiger partial charge in [0, 0.05) is 48.4 Å². The molecule has 1 aliphatic heterocycles. The number of nitrogens with one attached hydrogen (secondary N) is 1. The number of ether oxygens (including phenoxy) is 1. The summed E-state index contributed by atoms with van der Waals surface area (Å²) in [6.45, 7) is 0.681. The summed E-state index contributed by atoms with van der Waals surface area (Å²) in [7, 11) is 1.56. The Morgan fingerprint density at radius 1 is 1.23 bits per heavy atom. The molecule has 1 fully saturated rings. The van der Waals surface area contributed by atoms with Crippen molar-refractivity contribution in [3.05, 3.63) is 60.4 Å². The molecule has 0 aliphatic carbocycles. The Bertz CT molecular complexity index is 1100. The van der Waals surface area contributed by atoms with Crippen LogP contribution in [-0.4, -0.2) is 41.3 Å². The Balaban J connectivity index is 1.55. The van der Waals surface area contributed by atoms with Crippen LogP contribution in [0.1, 0.15) is 23.2 Å². The number of thioether (sulfide) groups is 1. The quantitative estimate of drug-likeness (QED) is 0.608. The van der Waals surface area contributed by atoms with Crippen molar-refractivity contribution in [3.63, 3.8) is 0 Å². The molecule has 154 valence electrons. The summed E-state index contributed by atoms with van der Waals surface area (Å²) in [5.74, 6) is 0.417. The van der Waals surface area contributed by atoms with Crippen LogP contribution in [-0.2, 0) is 4.79 Å². The summed E-state index contributed by atoms with van der Waals surface area (Å²) >= 11 is 1.54. The van der Waals surface area contributed by atoms with Crippen LogP contribution in [0, 0.1) is 0 Å². The molecule has 0 saturated carbocycles. The number of nitrogens with zero attached hydrogens (tertiary/aromatic N) is 3. The van der Waals surface area contributed by atoms with E-state index in [2.05, 4.69) is 10.3 Å². The van der Waals surface area contributed by atoms with Crippen molar-refractivity contribution in [1.29, 1.82) is 0 Å². The number of hydrogen-bond donors (Lipinski definition) is 1. The van der Waals surface area contributed by atoms with Gasteiger partial charge in [-0.2, -0.15) is 0 Å². The van der Waals surface area contributed by atoms with Crippen molar-refractivity contribution in [2.45, 2.75) is 18.0 Å². The third-order valence-electron chi connectivity index (χ3n) is 4.98. The molecule has 0 spiro atoms. The fraction of sp³-hybridized carbons (Fsp3) is 0.227. The molecule has 0 atom stereocenters. The fourth-order valence-electron chi connectivity index (χ4n) is 3.52. The predicted molar refractivity (Wildman–Crippen MR) is 118 cm³/mol. The van der Waals surface area contributed by atoms with E-state index in [0.717, 1.165) is 23.0 Å². The van der Waals surface area contributed by atoms with Gasteiger partial charge in [0.25, 0.3) is 5.91 Å². The van der Waals surface area contributed by atoms with Gasteiger partial charge in [0.2, 0.25) is 5.91 Å². The van der Waals surface area contributed by atoms with E-state index in [1.54, 1.807) is 36.4 Å². The van der Waals surface area contributed by atoms with Crippen molar-refractivity contribution in [1.82, 2.24) is 9.55 Å². The van der Waals surface area contributed by atoms with Gasteiger partial charge in [0.05, 0.1) is 12.8 Å². The number of benzene rings is 2. The second-order valence-corrected chi connectivity index (χ2v) is 7.60. The van der Waals surface area contributed by atoms with Gasteiger partial charge >= 0.3 is 0 Å². The van der Waals surface area contributed by atoms with Crippen LogP contribution >= 0.6 is 11.8 Å². The van der Waals surface area contributed by atoms with Gasteiger partial charge in [0.15, 0.2) is 5.16 Å². The summed E-state index contributed by atoms with van der Waals surface area (Å²) in [5.41, 5.74) is 2.73. The molecule has 2 heterocycles. The molecule has 30 heavy (non-hydrogen) atoms. The van der Waals surface area contributed by atoms with Crippen molar-refractivity contribution in [2.75, 3.05) is 30.1 Å². The molecule has 2 aromatic carbocycles. The number of rotatable bonds is 6. The maximum atomic E-state index is 12.8. The van der Waals surface area contributed by atoms with Gasteiger partial charge in [-0.1, -0.05) is 17.8 Å². The van der Waals surface area contributed by atoms with Gasteiger partial charge in [0.1, 0.15) is 5.75 Å². The number of aromatic nitrogens is 2. The van der Waals surface area contributed by atoms with Gasteiger partial charge in [-0.3, -0.25) is 14.2 Å². The summed E-state index contributed by atoms with van der Waals surface area (Å²) in [6.07, 6.45) is 6.95. The Morgan fingerprint density at radius 3 is 2.83 bits per heavy atom. The van der Waals surface area contributed by atoms with E-state index in [1.165, 1.54) is 11.8 Å². The number of anilines is 2. The minimum Gasteiger partial charge on any atom is -0.494 e. The van der Waals surface area contributed by atoms with Crippen LogP contribution in [0.2, 0.25) is 0 Å². The standard InChI is InChI=1S/C22H22N4O3S/c1-29-19-14-16(8-9-18(19)26-11-4-7-20(26)27)24-21(28)15-5-3-6-17(13-15)25-12-10-23-22(25)30-2/h3,5-6,8-10,12-14H,4,7,11H2,1-2H3,(H,24,28). The average Bonchev–Trinajstić information content (AvgIpc) is 3.42. The molecule has 2 amide bonds. The van der Waals surface area contributed by atoms with Crippen LogP contribution in [0.4, 0.5) is 11.4 Å². The lowest BCUT2D eigenvalue weighted by molar-refractivity contribution is -0.117. The first-order valence-corrected chi connectivity index (χ1v) is 10.8. The number of carbonyl (C=O) groups is 2. The maximum absolute atomic E-state index is 12.8. The largest absolute Gasteiger partial charge is 0.494 e. The van der Waals surface area contributed by atoms with E-state index in [0.29, 0.717) is 30.0 Å². The molecule has 0 radical (unpaired) electrons. The predicted octanol–water partition coefficient (Wildman–Crippen LogP) is 3.98. The van der Waals surface area contributed by atoms with E-state index in [4.69, 9.17) is 4.74 Å². The molecular formula is C22H22N4O3S. The van der Waals surface area contributed by atoms with Gasteiger partial charge in [-0.05, 0) is 43.0 Å². The first-order valence-electron chi connectivity index (χ1n) is 9.58. The highest BCUT2D eigenvalue weighted by Gasteiger charge is 2.24. The Labute approximate surface area is 179 Å². The molecule has 1 aromatic heterocycles. The van der Waals surface area contributed by atoms with E-state index in [-0.39, 0.29) is 11.8 Å². The lowest BCUT2D eigenvalue weighted by Crippen LogP contribution is -2.24. The fourth-order valence-corrected chi connectivity index (χ4v) is 4.05. The molecule has 1 saturated heterocycles. The number of imidazole rings is 1. The third-order valence-corrected chi connectivity index (χ3v) is 5.64. The smallest absolute Gasteiger partial charge is 0.255 e. The Hall–Kier alpha value is -3.26. The molecule has 0 bridgehead atoms. The second kappa shape index (κ2) is 8.62. The molecule has 1 N–H and O–H groups in total. The topological polar surface area (TPSA) is 76.5 Å². The number of methoxy groups -OCH3 is 1.